The van der Waals surface area contributed by atoms with Gasteiger partial charge in [-0.3, -0.25) is 0 Å². The van der Waals surface area contributed by atoms with Crippen molar-refractivity contribution in [1.82, 2.24) is 0 Å². The van der Waals surface area contributed by atoms with E-state index in [1.54, 1.807) is 0 Å². The van der Waals surface area contributed by atoms with Crippen molar-refractivity contribution in [1.29, 1.82) is 0 Å². The molecule has 3 heteroatoms. The van der Waals surface area contributed by atoms with Crippen LogP contribution >= 0.6 is 11.6 Å². The Labute approximate surface area is 115 Å². The third-order valence-electron chi connectivity index (χ3n) is 3.98. The van der Waals surface area contributed by atoms with Gasteiger partial charge in [-0.1, -0.05) is 31.0 Å². The van der Waals surface area contributed by atoms with E-state index in [2.05, 4.69) is 30.0 Å². The average molecular weight is 267 g/mol. The highest BCUT2D eigenvalue weighted by Crippen LogP contribution is 2.31. The van der Waals surface area contributed by atoms with E-state index in [1.165, 1.54) is 30.5 Å². The third-order valence-corrected chi connectivity index (χ3v) is 4.28. The molecule has 18 heavy (non-hydrogen) atoms. The summed E-state index contributed by atoms with van der Waals surface area (Å²) in [6.07, 6.45) is 4.78. The topological polar surface area (TPSA) is 29.3 Å². The molecule has 0 unspecified atom stereocenters. The van der Waals surface area contributed by atoms with Crippen molar-refractivity contribution in [2.24, 2.45) is 11.7 Å². The van der Waals surface area contributed by atoms with Gasteiger partial charge in [-0.05, 0) is 49.4 Å². The van der Waals surface area contributed by atoms with Gasteiger partial charge in [0.15, 0.2) is 0 Å². The molecule has 1 aromatic carbocycles. The Kier molecular flexibility index (Phi) is 4.90. The van der Waals surface area contributed by atoms with Crippen molar-refractivity contribution in [2.75, 3.05) is 24.5 Å². The van der Waals surface area contributed by atoms with E-state index in [1.807, 2.05) is 0 Å². The van der Waals surface area contributed by atoms with Crippen molar-refractivity contribution < 1.29 is 0 Å². The summed E-state index contributed by atoms with van der Waals surface area (Å²) in [7, 11) is 0. The van der Waals surface area contributed by atoms with Crippen LogP contribution in [0.15, 0.2) is 18.2 Å². The molecular weight excluding hydrogens is 244 g/mol. The van der Waals surface area contributed by atoms with Crippen LogP contribution in [-0.4, -0.2) is 19.6 Å². The van der Waals surface area contributed by atoms with E-state index >= 15 is 0 Å². The van der Waals surface area contributed by atoms with Gasteiger partial charge in [0.2, 0.25) is 0 Å². The summed E-state index contributed by atoms with van der Waals surface area (Å²) in [5.41, 5.74) is 7.99. The predicted molar refractivity (Wildman–Crippen MR) is 79.4 cm³/mol. The molecule has 1 saturated heterocycles. The second-order valence-electron chi connectivity index (χ2n) is 5.16. The van der Waals surface area contributed by atoms with Crippen LogP contribution in [0.25, 0.3) is 0 Å². The number of nitrogens with two attached hydrogens (primary N) is 1. The number of anilines is 1. The molecule has 1 heterocycles. The first kappa shape index (κ1) is 13.7. The Hall–Kier alpha value is -0.730. The summed E-state index contributed by atoms with van der Waals surface area (Å²) < 4.78 is 0. The van der Waals surface area contributed by atoms with Gasteiger partial charge in [-0.15, -0.1) is 0 Å². The average Bonchev–Trinajstić information content (AvgIpc) is 2.40. The van der Waals surface area contributed by atoms with E-state index in [9.17, 15) is 0 Å². The standard InChI is InChI=1S/C15H23ClN2/c1-2-12-6-9-18(10-7-12)15-4-3-13(5-8-17)11-14(15)16/h3-4,11-12H,2,5-10,17H2,1H3. The van der Waals surface area contributed by atoms with Crippen LogP contribution in [-0.2, 0) is 6.42 Å². The van der Waals surface area contributed by atoms with E-state index in [-0.39, 0.29) is 0 Å². The lowest BCUT2D eigenvalue weighted by Crippen LogP contribution is -2.33. The minimum atomic E-state index is 0.678. The summed E-state index contributed by atoms with van der Waals surface area (Å²) in [5.74, 6) is 0.900. The minimum Gasteiger partial charge on any atom is -0.370 e. The second-order valence-corrected chi connectivity index (χ2v) is 5.57. The zero-order valence-electron chi connectivity index (χ0n) is 11.2. The van der Waals surface area contributed by atoms with E-state index in [0.29, 0.717) is 6.54 Å². The van der Waals surface area contributed by atoms with Crippen LogP contribution < -0.4 is 10.6 Å². The fraction of sp³-hybridized carbons (Fsp3) is 0.600. The van der Waals surface area contributed by atoms with Gasteiger partial charge in [0, 0.05) is 13.1 Å². The molecule has 0 saturated carbocycles. The maximum atomic E-state index is 6.39. The number of benzene rings is 1. The lowest BCUT2D eigenvalue weighted by atomic mass is 9.94. The summed E-state index contributed by atoms with van der Waals surface area (Å²) in [4.78, 5) is 2.42. The van der Waals surface area contributed by atoms with Gasteiger partial charge in [0.1, 0.15) is 0 Å². The second kappa shape index (κ2) is 6.44. The first-order valence-electron chi connectivity index (χ1n) is 6.98. The summed E-state index contributed by atoms with van der Waals surface area (Å²) >= 11 is 6.39. The maximum absolute atomic E-state index is 6.39. The summed E-state index contributed by atoms with van der Waals surface area (Å²) in [6.45, 7) is 5.23. The molecule has 2 N–H and O–H groups in total. The Morgan fingerprint density at radius 1 is 1.33 bits per heavy atom. The number of hydrogen-bond donors (Lipinski definition) is 1. The number of rotatable bonds is 4. The molecule has 0 atom stereocenters. The highest BCUT2D eigenvalue weighted by atomic mass is 35.5. The molecular formula is C15H23ClN2. The molecule has 0 amide bonds. The lowest BCUT2D eigenvalue weighted by Gasteiger charge is -2.33. The first-order valence-corrected chi connectivity index (χ1v) is 7.35. The molecule has 2 nitrogen and oxygen atoms in total. The molecule has 1 fully saturated rings. The van der Waals surface area contributed by atoms with E-state index in [4.69, 9.17) is 17.3 Å². The van der Waals surface area contributed by atoms with Crippen LogP contribution in [0.3, 0.4) is 0 Å². The fourth-order valence-corrected chi connectivity index (χ4v) is 3.03. The Balaban J connectivity index is 2.05. The predicted octanol–water partition coefficient (Wildman–Crippen LogP) is 3.47. The van der Waals surface area contributed by atoms with Crippen LogP contribution in [0.2, 0.25) is 5.02 Å². The monoisotopic (exact) mass is 266 g/mol. The Morgan fingerprint density at radius 3 is 2.61 bits per heavy atom. The highest BCUT2D eigenvalue weighted by Gasteiger charge is 2.19. The van der Waals surface area contributed by atoms with Crippen molar-refractivity contribution in [3.8, 4) is 0 Å². The highest BCUT2D eigenvalue weighted by molar-refractivity contribution is 6.33. The number of piperidine rings is 1. The van der Waals surface area contributed by atoms with Gasteiger partial charge in [-0.25, -0.2) is 0 Å². The smallest absolute Gasteiger partial charge is 0.0642 e. The minimum absolute atomic E-state index is 0.678. The molecule has 1 aliphatic rings. The third kappa shape index (κ3) is 3.18. The van der Waals surface area contributed by atoms with Gasteiger partial charge in [-0.2, -0.15) is 0 Å². The molecule has 0 aliphatic carbocycles. The molecule has 0 aromatic heterocycles. The first-order chi connectivity index (χ1) is 8.74. The van der Waals surface area contributed by atoms with Crippen molar-refractivity contribution >= 4 is 17.3 Å². The fourth-order valence-electron chi connectivity index (χ4n) is 2.71. The van der Waals surface area contributed by atoms with Crippen LogP contribution in [0.1, 0.15) is 31.7 Å². The zero-order chi connectivity index (χ0) is 13.0. The summed E-state index contributed by atoms with van der Waals surface area (Å²) in [5, 5.41) is 0.871. The molecule has 2 rings (SSSR count). The van der Waals surface area contributed by atoms with E-state index in [0.717, 1.165) is 30.5 Å². The normalized spacial score (nSPS) is 17.2. The maximum Gasteiger partial charge on any atom is 0.0642 e. The van der Waals surface area contributed by atoms with Gasteiger partial charge in [0.05, 0.1) is 10.7 Å². The largest absolute Gasteiger partial charge is 0.370 e. The van der Waals surface area contributed by atoms with Crippen molar-refractivity contribution in [3.63, 3.8) is 0 Å². The quantitative estimate of drug-likeness (QED) is 0.904. The molecule has 0 radical (unpaired) electrons. The molecule has 1 aliphatic heterocycles. The van der Waals surface area contributed by atoms with Gasteiger partial charge >= 0.3 is 0 Å². The summed E-state index contributed by atoms with van der Waals surface area (Å²) in [6, 6.07) is 6.37. The van der Waals surface area contributed by atoms with Gasteiger partial charge < -0.3 is 10.6 Å². The van der Waals surface area contributed by atoms with Crippen LogP contribution in [0.4, 0.5) is 5.69 Å². The van der Waals surface area contributed by atoms with Gasteiger partial charge in [0.25, 0.3) is 0 Å². The number of halogens is 1. The van der Waals surface area contributed by atoms with Crippen LogP contribution in [0, 0.1) is 5.92 Å². The zero-order valence-corrected chi connectivity index (χ0v) is 11.9. The molecule has 1 aromatic rings. The van der Waals surface area contributed by atoms with Crippen LogP contribution in [0.5, 0.6) is 0 Å². The molecule has 0 spiro atoms. The molecule has 100 valence electrons. The van der Waals surface area contributed by atoms with Crippen molar-refractivity contribution in [2.45, 2.75) is 32.6 Å². The number of nitrogens with zero attached hydrogens (tertiary/aromatic N) is 1. The Morgan fingerprint density at radius 2 is 2.06 bits per heavy atom. The SMILES string of the molecule is CCC1CCN(c2ccc(CCN)cc2Cl)CC1. The van der Waals surface area contributed by atoms with Crippen molar-refractivity contribution in [3.05, 3.63) is 28.8 Å². The van der Waals surface area contributed by atoms with E-state index < -0.39 is 0 Å². The molecule has 0 bridgehead atoms. The lowest BCUT2D eigenvalue weighted by molar-refractivity contribution is 0.395. The Bertz CT molecular complexity index is 384. The number of hydrogen-bond acceptors (Lipinski definition) is 2.